The first kappa shape index (κ1) is 28.9. The molecule has 1 heterocycles. The van der Waals surface area contributed by atoms with E-state index >= 15 is 0 Å². The summed E-state index contributed by atoms with van der Waals surface area (Å²) in [6, 6.07) is 9.58. The Balaban J connectivity index is 2.05. The largest absolute Gasteiger partial charge is 0.549 e. The molecule has 0 aromatic heterocycles. The fourth-order valence-corrected chi connectivity index (χ4v) is 6.36. The van der Waals surface area contributed by atoms with E-state index in [0.29, 0.717) is 12.3 Å². The summed E-state index contributed by atoms with van der Waals surface area (Å²) in [7, 11) is -1.94. The molecule has 5 nitrogen and oxygen atoms in total. The minimum atomic E-state index is -1.94. The molecule has 1 aliphatic rings. The molecule has 1 saturated heterocycles. The second-order valence-corrected chi connectivity index (χ2v) is 15.7. The van der Waals surface area contributed by atoms with E-state index in [1.165, 1.54) is 11.0 Å². The van der Waals surface area contributed by atoms with Gasteiger partial charge in [-0.2, -0.15) is 0 Å². The summed E-state index contributed by atoms with van der Waals surface area (Å²) in [5.74, 6) is 0.609. The van der Waals surface area contributed by atoms with E-state index in [0.717, 1.165) is 18.4 Å². The first-order chi connectivity index (χ1) is 16.4. The molecule has 0 aliphatic carbocycles. The van der Waals surface area contributed by atoms with Crippen molar-refractivity contribution in [2.45, 2.75) is 85.0 Å². The molecule has 0 unspecified atom stereocenters. The van der Waals surface area contributed by atoms with E-state index in [4.69, 9.17) is 9.16 Å². The van der Waals surface area contributed by atoms with Gasteiger partial charge in [0, 0.05) is 0 Å². The molecule has 3 atom stereocenters. The standard InChI is InChI=1S/C29H45NO4Si/c1-9-13-25(18-19-34-35(7,8)29(5,6)22(2)3)23(4)16-17-27(31)30-26(21-33-28(30)32)20-24-14-11-10-12-15-24/h10-12,14-19,22-23,25-26H,9,13,20-21H2,1-8H3/b17-16+,19-18-/t23-,25+,26-/m0/s1. The molecular formula is C29H45NO4Si. The number of nitrogens with zero attached hydrogens (tertiary/aromatic N) is 1. The van der Waals surface area contributed by atoms with Crippen LogP contribution in [0.3, 0.4) is 0 Å². The Morgan fingerprint density at radius 2 is 1.86 bits per heavy atom. The SMILES string of the molecule is CCC[C@H](/C=C\O[Si](C)(C)C(C)(C)C(C)C)[C@@H](C)/C=C/C(=O)N1C(=O)OC[C@@H]1Cc1ccccc1. The normalized spacial score (nSPS) is 18.9. The van der Waals surface area contributed by atoms with Gasteiger partial charge >= 0.3 is 6.09 Å². The van der Waals surface area contributed by atoms with Crippen LogP contribution in [0.1, 0.15) is 59.9 Å². The first-order valence-corrected chi connectivity index (χ1v) is 15.9. The van der Waals surface area contributed by atoms with Crippen LogP contribution in [0.5, 0.6) is 0 Å². The van der Waals surface area contributed by atoms with Crippen LogP contribution in [0.25, 0.3) is 0 Å². The van der Waals surface area contributed by atoms with Crippen molar-refractivity contribution in [3.8, 4) is 0 Å². The topological polar surface area (TPSA) is 55.8 Å². The Bertz CT molecular complexity index is 891. The summed E-state index contributed by atoms with van der Waals surface area (Å²) in [4.78, 5) is 26.5. The molecule has 2 amide bonds. The maximum Gasteiger partial charge on any atom is 0.417 e. The van der Waals surface area contributed by atoms with Crippen molar-refractivity contribution in [1.29, 1.82) is 0 Å². The maximum atomic E-state index is 13.0. The van der Waals surface area contributed by atoms with E-state index < -0.39 is 14.4 Å². The number of cyclic esters (lactones) is 1. The predicted octanol–water partition coefficient (Wildman–Crippen LogP) is 7.36. The van der Waals surface area contributed by atoms with Crippen LogP contribution in [0, 0.1) is 17.8 Å². The third kappa shape index (κ3) is 7.57. The van der Waals surface area contributed by atoms with E-state index in [9.17, 15) is 9.59 Å². The van der Waals surface area contributed by atoms with Crippen LogP contribution >= 0.6 is 0 Å². The van der Waals surface area contributed by atoms with E-state index in [1.807, 2.05) is 42.7 Å². The quantitative estimate of drug-likeness (QED) is 0.171. The highest BCUT2D eigenvalue weighted by atomic mass is 28.4. The van der Waals surface area contributed by atoms with Gasteiger partial charge in [0.15, 0.2) is 0 Å². The molecule has 6 heteroatoms. The second-order valence-electron chi connectivity index (χ2n) is 11.1. The predicted molar refractivity (Wildman–Crippen MR) is 145 cm³/mol. The molecule has 0 saturated carbocycles. The molecule has 0 spiro atoms. The Morgan fingerprint density at radius 1 is 1.20 bits per heavy atom. The molecule has 2 rings (SSSR count). The number of hydrogen-bond donors (Lipinski definition) is 0. The summed E-state index contributed by atoms with van der Waals surface area (Å²) in [6.07, 6.45) is 9.56. The van der Waals surface area contributed by atoms with Crippen LogP contribution < -0.4 is 0 Å². The van der Waals surface area contributed by atoms with Gasteiger partial charge in [0.25, 0.3) is 5.91 Å². The van der Waals surface area contributed by atoms with Crippen LogP contribution in [-0.2, 0) is 20.4 Å². The van der Waals surface area contributed by atoms with Crippen molar-refractivity contribution in [1.82, 2.24) is 4.90 Å². The van der Waals surface area contributed by atoms with Crippen LogP contribution in [0.2, 0.25) is 18.1 Å². The number of imide groups is 1. The Hall–Kier alpha value is -2.34. The van der Waals surface area contributed by atoms with E-state index in [-0.39, 0.29) is 35.4 Å². The van der Waals surface area contributed by atoms with Gasteiger partial charge in [0.05, 0.1) is 12.3 Å². The fourth-order valence-electron chi connectivity index (χ4n) is 4.25. The molecule has 1 aromatic carbocycles. The molecule has 35 heavy (non-hydrogen) atoms. The zero-order valence-corrected chi connectivity index (χ0v) is 23.9. The van der Waals surface area contributed by atoms with E-state index in [1.54, 1.807) is 0 Å². The number of benzene rings is 1. The number of ether oxygens (including phenoxy) is 1. The van der Waals surface area contributed by atoms with Crippen molar-refractivity contribution in [3.05, 3.63) is 60.4 Å². The number of hydrogen-bond acceptors (Lipinski definition) is 4. The molecule has 0 N–H and O–H groups in total. The van der Waals surface area contributed by atoms with Crippen molar-refractivity contribution >= 4 is 20.3 Å². The lowest BCUT2D eigenvalue weighted by atomic mass is 9.89. The highest BCUT2D eigenvalue weighted by molar-refractivity contribution is 6.74. The minimum Gasteiger partial charge on any atom is -0.549 e. The van der Waals surface area contributed by atoms with Gasteiger partial charge in [-0.25, -0.2) is 9.69 Å². The zero-order chi connectivity index (χ0) is 26.2. The highest BCUT2D eigenvalue weighted by Crippen LogP contribution is 2.44. The van der Waals surface area contributed by atoms with Crippen molar-refractivity contribution in [2.75, 3.05) is 6.61 Å². The molecular weight excluding hydrogens is 454 g/mol. The molecule has 1 aliphatic heterocycles. The molecule has 0 bridgehead atoms. The van der Waals surface area contributed by atoms with E-state index in [2.05, 4.69) is 60.7 Å². The monoisotopic (exact) mass is 499 g/mol. The maximum absolute atomic E-state index is 13.0. The Morgan fingerprint density at radius 3 is 2.46 bits per heavy atom. The summed E-state index contributed by atoms with van der Waals surface area (Å²) >= 11 is 0. The van der Waals surface area contributed by atoms with Gasteiger partial charge < -0.3 is 9.16 Å². The average Bonchev–Trinajstić information content (AvgIpc) is 3.16. The summed E-state index contributed by atoms with van der Waals surface area (Å²) in [6.45, 7) is 18.2. The van der Waals surface area contributed by atoms with Gasteiger partial charge in [-0.3, -0.25) is 4.79 Å². The Labute approximate surface area is 213 Å². The number of carbonyl (C=O) groups is 2. The second kappa shape index (κ2) is 12.6. The Kier molecular flexibility index (Phi) is 10.4. The van der Waals surface area contributed by atoms with Crippen LogP contribution in [0.4, 0.5) is 4.79 Å². The fraction of sp³-hybridized carbons (Fsp3) is 0.586. The van der Waals surface area contributed by atoms with Crippen molar-refractivity contribution in [3.63, 3.8) is 0 Å². The molecule has 194 valence electrons. The van der Waals surface area contributed by atoms with Crippen LogP contribution in [0.15, 0.2) is 54.8 Å². The number of carbonyl (C=O) groups excluding carboxylic acids is 2. The van der Waals surface area contributed by atoms with Gasteiger partial charge in [-0.15, -0.1) is 0 Å². The zero-order valence-electron chi connectivity index (χ0n) is 22.9. The summed E-state index contributed by atoms with van der Waals surface area (Å²) < 4.78 is 11.6. The van der Waals surface area contributed by atoms with Gasteiger partial charge in [-0.05, 0) is 66.4 Å². The molecule has 1 aromatic rings. The smallest absolute Gasteiger partial charge is 0.417 e. The average molecular weight is 500 g/mol. The lowest BCUT2D eigenvalue weighted by Crippen LogP contribution is -2.43. The third-order valence-electron chi connectivity index (χ3n) is 8.04. The third-order valence-corrected chi connectivity index (χ3v) is 12.4. The lowest BCUT2D eigenvalue weighted by Gasteiger charge is -2.41. The lowest BCUT2D eigenvalue weighted by molar-refractivity contribution is -0.124. The number of rotatable bonds is 12. The number of allylic oxidation sites excluding steroid dienone is 2. The minimum absolute atomic E-state index is 0.132. The van der Waals surface area contributed by atoms with Gasteiger partial charge in [0.1, 0.15) is 6.61 Å². The molecule has 1 fully saturated rings. The summed E-state index contributed by atoms with van der Waals surface area (Å²) in [5, 5.41) is 0.149. The van der Waals surface area contributed by atoms with Gasteiger partial charge in [0.2, 0.25) is 8.32 Å². The number of amides is 2. The highest BCUT2D eigenvalue weighted by Gasteiger charge is 2.44. The first-order valence-electron chi connectivity index (χ1n) is 13.0. The van der Waals surface area contributed by atoms with Crippen LogP contribution in [-0.4, -0.2) is 37.9 Å². The summed E-state index contributed by atoms with van der Waals surface area (Å²) in [5.41, 5.74) is 1.08. The van der Waals surface area contributed by atoms with Crippen molar-refractivity contribution < 1.29 is 18.8 Å². The van der Waals surface area contributed by atoms with Gasteiger partial charge in [-0.1, -0.05) is 84.4 Å². The molecule has 0 radical (unpaired) electrons. The van der Waals surface area contributed by atoms with Crippen molar-refractivity contribution in [2.24, 2.45) is 17.8 Å².